The highest BCUT2D eigenvalue weighted by molar-refractivity contribution is 5.91. The number of rotatable bonds is 3. The van der Waals surface area contributed by atoms with Crippen molar-refractivity contribution in [3.8, 4) is 12.3 Å². The van der Waals surface area contributed by atoms with Crippen molar-refractivity contribution in [2.24, 2.45) is 0 Å². The highest BCUT2D eigenvalue weighted by atomic mass is 16.2. The lowest BCUT2D eigenvalue weighted by Gasteiger charge is -2.08. The molecule has 0 aromatic carbocycles. The van der Waals surface area contributed by atoms with Crippen molar-refractivity contribution in [1.29, 1.82) is 0 Å². The molecular weight excluding hydrogens is 168 g/mol. The van der Waals surface area contributed by atoms with E-state index in [-0.39, 0.29) is 17.6 Å². The fourth-order valence-corrected chi connectivity index (χ4v) is 0.837. The number of amides is 1. The van der Waals surface area contributed by atoms with Gasteiger partial charge in [-0.1, -0.05) is 0 Å². The molecule has 0 aliphatic heterocycles. The van der Waals surface area contributed by atoms with Crippen LogP contribution in [0.2, 0.25) is 0 Å². The van der Waals surface area contributed by atoms with E-state index < -0.39 is 0 Å². The summed E-state index contributed by atoms with van der Waals surface area (Å²) in [4.78, 5) is 11.3. The standard InChI is InChI=1S/C8H10N4O/c1-3-4-6(2)10-8(13)7-5-9-12-11-7/h1,5-6H,4H2,2H3,(H,10,13)(H,9,11,12). The molecule has 0 aliphatic carbocycles. The molecule has 0 bridgehead atoms. The van der Waals surface area contributed by atoms with Crippen LogP contribution in [0.1, 0.15) is 23.8 Å². The number of terminal acetylenes is 1. The third-order valence-electron chi connectivity index (χ3n) is 1.45. The van der Waals surface area contributed by atoms with Crippen molar-refractivity contribution in [2.75, 3.05) is 0 Å². The topological polar surface area (TPSA) is 70.7 Å². The van der Waals surface area contributed by atoms with Crippen LogP contribution in [0, 0.1) is 12.3 Å². The smallest absolute Gasteiger partial charge is 0.273 e. The highest BCUT2D eigenvalue weighted by Gasteiger charge is 2.10. The van der Waals surface area contributed by atoms with Crippen LogP contribution in [0.5, 0.6) is 0 Å². The molecule has 0 saturated carbocycles. The molecule has 0 spiro atoms. The number of aromatic amines is 1. The van der Waals surface area contributed by atoms with Crippen molar-refractivity contribution in [3.05, 3.63) is 11.9 Å². The molecule has 0 radical (unpaired) electrons. The third-order valence-corrected chi connectivity index (χ3v) is 1.45. The monoisotopic (exact) mass is 178 g/mol. The van der Waals surface area contributed by atoms with Crippen LogP contribution in [0.15, 0.2) is 6.20 Å². The second-order valence-electron chi connectivity index (χ2n) is 2.64. The summed E-state index contributed by atoms with van der Waals surface area (Å²) in [5.74, 6) is 2.19. The molecule has 1 rings (SSSR count). The predicted octanol–water partition coefficient (Wildman–Crippen LogP) is -0.0537. The molecule has 1 atom stereocenters. The van der Waals surface area contributed by atoms with E-state index in [9.17, 15) is 4.79 Å². The summed E-state index contributed by atoms with van der Waals surface area (Å²) in [6.45, 7) is 1.83. The average molecular weight is 178 g/mol. The molecule has 1 aromatic rings. The molecule has 5 nitrogen and oxygen atoms in total. The fraction of sp³-hybridized carbons (Fsp3) is 0.375. The summed E-state index contributed by atoms with van der Waals surface area (Å²) >= 11 is 0. The minimum Gasteiger partial charge on any atom is -0.347 e. The zero-order valence-corrected chi connectivity index (χ0v) is 7.24. The Morgan fingerprint density at radius 2 is 2.69 bits per heavy atom. The van der Waals surface area contributed by atoms with E-state index in [0.29, 0.717) is 6.42 Å². The number of aromatic nitrogens is 3. The number of H-pyrrole nitrogens is 1. The summed E-state index contributed by atoms with van der Waals surface area (Å²) in [5, 5.41) is 12.2. The molecule has 2 N–H and O–H groups in total. The molecule has 0 aliphatic rings. The van der Waals surface area contributed by atoms with Gasteiger partial charge in [0.25, 0.3) is 5.91 Å². The predicted molar refractivity (Wildman–Crippen MR) is 46.8 cm³/mol. The van der Waals surface area contributed by atoms with Crippen LogP contribution in [0.4, 0.5) is 0 Å². The van der Waals surface area contributed by atoms with Gasteiger partial charge in [0.15, 0.2) is 5.69 Å². The molecule has 0 fully saturated rings. The number of nitrogens with one attached hydrogen (secondary N) is 2. The first-order valence-electron chi connectivity index (χ1n) is 3.84. The van der Waals surface area contributed by atoms with Gasteiger partial charge in [-0.3, -0.25) is 4.79 Å². The van der Waals surface area contributed by atoms with Crippen LogP contribution < -0.4 is 5.32 Å². The Bertz CT molecular complexity index is 311. The quantitative estimate of drug-likeness (QED) is 0.637. The van der Waals surface area contributed by atoms with E-state index in [1.54, 1.807) is 0 Å². The summed E-state index contributed by atoms with van der Waals surface area (Å²) in [6, 6.07) is -0.0470. The number of hydrogen-bond acceptors (Lipinski definition) is 3. The minimum atomic E-state index is -0.267. The number of hydrogen-bond donors (Lipinski definition) is 2. The summed E-state index contributed by atoms with van der Waals surface area (Å²) in [6.07, 6.45) is 6.95. The van der Waals surface area contributed by atoms with E-state index in [1.807, 2.05) is 6.92 Å². The van der Waals surface area contributed by atoms with Crippen LogP contribution in [0.25, 0.3) is 0 Å². The second-order valence-corrected chi connectivity index (χ2v) is 2.64. The molecule has 13 heavy (non-hydrogen) atoms. The van der Waals surface area contributed by atoms with Crippen molar-refractivity contribution in [3.63, 3.8) is 0 Å². The first-order valence-corrected chi connectivity index (χ1v) is 3.84. The maximum Gasteiger partial charge on any atom is 0.273 e. The van der Waals surface area contributed by atoms with Gasteiger partial charge in [0.2, 0.25) is 0 Å². The minimum absolute atomic E-state index is 0.0470. The second kappa shape index (κ2) is 4.26. The summed E-state index contributed by atoms with van der Waals surface area (Å²) in [7, 11) is 0. The van der Waals surface area contributed by atoms with Gasteiger partial charge >= 0.3 is 0 Å². The molecule has 1 amide bonds. The van der Waals surface area contributed by atoms with Crippen LogP contribution in [-0.2, 0) is 0 Å². The van der Waals surface area contributed by atoms with Gasteiger partial charge in [-0.15, -0.1) is 12.3 Å². The number of carbonyl (C=O) groups excluding carboxylic acids is 1. The summed E-state index contributed by atoms with van der Waals surface area (Å²) in [5.41, 5.74) is 0.267. The van der Waals surface area contributed by atoms with Crippen molar-refractivity contribution >= 4 is 5.91 Å². The van der Waals surface area contributed by atoms with Gasteiger partial charge in [-0.2, -0.15) is 15.4 Å². The van der Waals surface area contributed by atoms with Crippen LogP contribution in [-0.4, -0.2) is 27.4 Å². The van der Waals surface area contributed by atoms with Crippen molar-refractivity contribution < 1.29 is 4.79 Å². The van der Waals surface area contributed by atoms with Crippen LogP contribution >= 0.6 is 0 Å². The van der Waals surface area contributed by atoms with Crippen molar-refractivity contribution in [1.82, 2.24) is 20.7 Å². The lowest BCUT2D eigenvalue weighted by atomic mass is 10.2. The Morgan fingerprint density at radius 1 is 1.92 bits per heavy atom. The van der Waals surface area contributed by atoms with Gasteiger partial charge < -0.3 is 5.32 Å². The largest absolute Gasteiger partial charge is 0.347 e. The van der Waals surface area contributed by atoms with Gasteiger partial charge in [0.05, 0.1) is 6.20 Å². The molecule has 68 valence electrons. The Balaban J connectivity index is 2.48. The molecule has 1 unspecified atom stereocenters. The lowest BCUT2D eigenvalue weighted by Crippen LogP contribution is -2.32. The Morgan fingerprint density at radius 3 is 3.23 bits per heavy atom. The summed E-state index contributed by atoms with van der Waals surface area (Å²) < 4.78 is 0. The molecule has 1 aromatic heterocycles. The SMILES string of the molecule is C#CCC(C)NC(=O)c1cn[nH]n1. The van der Waals surface area contributed by atoms with E-state index in [2.05, 4.69) is 26.6 Å². The maximum absolute atomic E-state index is 11.3. The number of nitrogens with zero attached hydrogens (tertiary/aromatic N) is 2. The normalized spacial score (nSPS) is 11.7. The average Bonchev–Trinajstić information content (AvgIpc) is 2.55. The fourth-order valence-electron chi connectivity index (χ4n) is 0.837. The molecule has 1 heterocycles. The van der Waals surface area contributed by atoms with E-state index in [0.717, 1.165) is 0 Å². The van der Waals surface area contributed by atoms with Crippen LogP contribution in [0.3, 0.4) is 0 Å². The number of carbonyl (C=O) groups is 1. The first-order chi connectivity index (χ1) is 6.24. The lowest BCUT2D eigenvalue weighted by molar-refractivity contribution is 0.0936. The van der Waals surface area contributed by atoms with Gasteiger partial charge in [0.1, 0.15) is 0 Å². The Labute approximate surface area is 75.9 Å². The van der Waals surface area contributed by atoms with E-state index in [4.69, 9.17) is 6.42 Å². The van der Waals surface area contributed by atoms with E-state index in [1.165, 1.54) is 6.20 Å². The third kappa shape index (κ3) is 2.60. The van der Waals surface area contributed by atoms with E-state index >= 15 is 0 Å². The van der Waals surface area contributed by atoms with Gasteiger partial charge in [-0.05, 0) is 6.92 Å². The highest BCUT2D eigenvalue weighted by Crippen LogP contribution is 1.93. The zero-order chi connectivity index (χ0) is 9.68. The zero-order valence-electron chi connectivity index (χ0n) is 7.24. The maximum atomic E-state index is 11.3. The first kappa shape index (κ1) is 9.26. The van der Waals surface area contributed by atoms with Gasteiger partial charge in [-0.25, -0.2) is 0 Å². The van der Waals surface area contributed by atoms with Gasteiger partial charge in [0, 0.05) is 12.5 Å². The molecule has 0 saturated heterocycles. The Hall–Kier alpha value is -1.83. The molecular formula is C8H10N4O. The van der Waals surface area contributed by atoms with Crippen molar-refractivity contribution in [2.45, 2.75) is 19.4 Å². The molecule has 5 heteroatoms. The Kier molecular flexibility index (Phi) is 3.03.